The largest absolute Gasteiger partial charge is 0.347 e. The Labute approximate surface area is 144 Å². The summed E-state index contributed by atoms with van der Waals surface area (Å²) in [5.41, 5.74) is 0.774. The molecule has 0 aromatic carbocycles. The van der Waals surface area contributed by atoms with Crippen LogP contribution in [0.4, 0.5) is 0 Å². The first kappa shape index (κ1) is 16.7. The average molecular weight is 341 g/mol. The molecule has 2 aromatic heterocycles. The molecule has 130 valence electrons. The third kappa shape index (κ3) is 3.23. The van der Waals surface area contributed by atoms with E-state index in [0.29, 0.717) is 38.2 Å². The van der Waals surface area contributed by atoms with Crippen molar-refractivity contribution in [3.63, 3.8) is 0 Å². The Morgan fingerprint density at radius 3 is 2.68 bits per heavy atom. The molecular formula is C17H19N5O3. The standard InChI is InChI=1S/C17H19N5O3/c1-2-6-18-16(24)14-13-5-3-4-7-22(13)15(19-14)17(25)21-10-8-20(12-23)9-11-21/h2-5,7,12H,1,6,8-11H2,(H,18,24). The van der Waals surface area contributed by atoms with Gasteiger partial charge in [0, 0.05) is 38.9 Å². The van der Waals surface area contributed by atoms with Gasteiger partial charge in [0.2, 0.25) is 12.2 Å². The molecule has 2 aromatic rings. The van der Waals surface area contributed by atoms with Gasteiger partial charge in [0.1, 0.15) is 0 Å². The van der Waals surface area contributed by atoms with Crippen molar-refractivity contribution in [3.8, 4) is 0 Å². The molecule has 1 aliphatic heterocycles. The van der Waals surface area contributed by atoms with E-state index in [2.05, 4.69) is 16.9 Å². The van der Waals surface area contributed by atoms with Gasteiger partial charge in [0.15, 0.2) is 5.69 Å². The van der Waals surface area contributed by atoms with Crippen LogP contribution in [0.3, 0.4) is 0 Å². The maximum absolute atomic E-state index is 12.8. The van der Waals surface area contributed by atoms with Crippen molar-refractivity contribution in [1.82, 2.24) is 24.5 Å². The molecule has 1 fully saturated rings. The van der Waals surface area contributed by atoms with Crippen LogP contribution >= 0.6 is 0 Å². The van der Waals surface area contributed by atoms with Crippen LogP contribution in [0, 0.1) is 0 Å². The highest BCUT2D eigenvalue weighted by molar-refractivity contribution is 6.02. The van der Waals surface area contributed by atoms with E-state index >= 15 is 0 Å². The van der Waals surface area contributed by atoms with E-state index in [1.807, 2.05) is 0 Å². The smallest absolute Gasteiger partial charge is 0.290 e. The zero-order chi connectivity index (χ0) is 17.8. The number of rotatable bonds is 5. The Morgan fingerprint density at radius 2 is 2.00 bits per heavy atom. The summed E-state index contributed by atoms with van der Waals surface area (Å²) in [6.07, 6.45) is 4.07. The molecule has 0 aliphatic carbocycles. The van der Waals surface area contributed by atoms with Crippen molar-refractivity contribution in [2.24, 2.45) is 0 Å². The van der Waals surface area contributed by atoms with Crippen molar-refractivity contribution in [2.45, 2.75) is 0 Å². The van der Waals surface area contributed by atoms with Crippen LogP contribution in [0.25, 0.3) is 5.52 Å². The summed E-state index contributed by atoms with van der Waals surface area (Å²) in [5.74, 6) is -0.415. The molecule has 25 heavy (non-hydrogen) atoms. The number of hydrogen-bond acceptors (Lipinski definition) is 4. The van der Waals surface area contributed by atoms with Gasteiger partial charge < -0.3 is 15.1 Å². The van der Waals surface area contributed by atoms with Crippen molar-refractivity contribution < 1.29 is 14.4 Å². The first-order valence-corrected chi connectivity index (χ1v) is 8.00. The number of imidazole rings is 1. The molecule has 0 radical (unpaired) electrons. The maximum atomic E-state index is 12.8. The van der Waals surface area contributed by atoms with Gasteiger partial charge in [0.25, 0.3) is 11.8 Å². The van der Waals surface area contributed by atoms with Gasteiger partial charge in [-0.1, -0.05) is 12.1 Å². The van der Waals surface area contributed by atoms with Crippen molar-refractivity contribution in [2.75, 3.05) is 32.7 Å². The van der Waals surface area contributed by atoms with Gasteiger partial charge in [-0.25, -0.2) is 4.98 Å². The van der Waals surface area contributed by atoms with Crippen molar-refractivity contribution in [1.29, 1.82) is 0 Å². The monoisotopic (exact) mass is 341 g/mol. The number of aromatic nitrogens is 2. The SMILES string of the molecule is C=CCNC(=O)c1nc(C(=O)N2CCN(C=O)CC2)n2ccccc12. The van der Waals surface area contributed by atoms with Crippen LogP contribution in [0.1, 0.15) is 21.1 Å². The predicted octanol–water partition coefficient (Wildman–Crippen LogP) is 0.164. The fourth-order valence-electron chi connectivity index (χ4n) is 2.78. The molecule has 3 amide bonds. The Hall–Kier alpha value is -3.16. The first-order chi connectivity index (χ1) is 12.2. The van der Waals surface area contributed by atoms with Crippen LogP contribution in [-0.2, 0) is 4.79 Å². The number of amides is 3. The third-order valence-electron chi connectivity index (χ3n) is 4.11. The average Bonchev–Trinajstić information content (AvgIpc) is 3.05. The lowest BCUT2D eigenvalue weighted by Gasteiger charge is -2.32. The Balaban J connectivity index is 1.91. The van der Waals surface area contributed by atoms with E-state index in [0.717, 1.165) is 6.41 Å². The fraction of sp³-hybridized carbons (Fsp3) is 0.294. The molecule has 8 nitrogen and oxygen atoms in total. The van der Waals surface area contributed by atoms with E-state index in [4.69, 9.17) is 0 Å². The summed E-state index contributed by atoms with van der Waals surface area (Å²) in [7, 11) is 0. The first-order valence-electron chi connectivity index (χ1n) is 8.00. The number of nitrogens with one attached hydrogen (secondary N) is 1. The number of pyridine rings is 1. The molecule has 0 unspecified atom stereocenters. The number of fused-ring (bicyclic) bond motifs is 1. The zero-order valence-corrected chi connectivity index (χ0v) is 13.7. The van der Waals surface area contributed by atoms with E-state index in [1.165, 1.54) is 0 Å². The van der Waals surface area contributed by atoms with E-state index in [1.54, 1.807) is 44.7 Å². The summed E-state index contributed by atoms with van der Waals surface area (Å²) in [5, 5.41) is 2.68. The second-order valence-electron chi connectivity index (χ2n) is 5.67. The van der Waals surface area contributed by atoms with Gasteiger partial charge in [-0.3, -0.25) is 18.8 Å². The van der Waals surface area contributed by atoms with E-state index in [9.17, 15) is 14.4 Å². The lowest BCUT2D eigenvalue weighted by Crippen LogP contribution is -2.48. The Kier molecular flexibility index (Phi) is 4.78. The minimum atomic E-state index is -0.353. The molecule has 3 heterocycles. The second kappa shape index (κ2) is 7.16. The van der Waals surface area contributed by atoms with Gasteiger partial charge in [-0.2, -0.15) is 0 Å². The van der Waals surface area contributed by atoms with E-state index < -0.39 is 0 Å². The number of hydrogen-bond donors (Lipinski definition) is 1. The maximum Gasteiger partial charge on any atom is 0.290 e. The summed E-state index contributed by atoms with van der Waals surface area (Å²) in [6.45, 7) is 5.75. The van der Waals surface area contributed by atoms with Crippen LogP contribution < -0.4 is 5.32 Å². The fourth-order valence-corrected chi connectivity index (χ4v) is 2.78. The lowest BCUT2D eigenvalue weighted by atomic mass is 10.3. The predicted molar refractivity (Wildman–Crippen MR) is 91.3 cm³/mol. The minimum Gasteiger partial charge on any atom is -0.347 e. The highest BCUT2D eigenvalue weighted by Crippen LogP contribution is 2.15. The van der Waals surface area contributed by atoms with Gasteiger partial charge in [-0.15, -0.1) is 6.58 Å². The molecule has 1 saturated heterocycles. The summed E-state index contributed by atoms with van der Waals surface area (Å²) in [6, 6.07) is 5.32. The van der Waals surface area contributed by atoms with Crippen LogP contribution in [0.15, 0.2) is 37.1 Å². The molecule has 0 spiro atoms. The molecule has 0 atom stereocenters. The molecule has 0 saturated carbocycles. The van der Waals surface area contributed by atoms with Gasteiger partial charge in [-0.05, 0) is 12.1 Å². The summed E-state index contributed by atoms with van der Waals surface area (Å²) >= 11 is 0. The van der Waals surface area contributed by atoms with Crippen molar-refractivity contribution in [3.05, 3.63) is 48.6 Å². The van der Waals surface area contributed by atoms with Gasteiger partial charge in [0.05, 0.1) is 5.52 Å². The number of carbonyl (C=O) groups is 3. The zero-order valence-electron chi connectivity index (χ0n) is 13.7. The molecule has 8 heteroatoms. The molecule has 0 bridgehead atoms. The summed E-state index contributed by atoms with van der Waals surface area (Å²) in [4.78, 5) is 43.5. The normalized spacial score (nSPS) is 14.4. The minimum absolute atomic E-state index is 0.193. The van der Waals surface area contributed by atoms with Crippen molar-refractivity contribution >= 4 is 23.7 Å². The van der Waals surface area contributed by atoms with Crippen LogP contribution in [0.2, 0.25) is 0 Å². The highest BCUT2D eigenvalue weighted by Gasteiger charge is 2.27. The van der Waals surface area contributed by atoms with E-state index in [-0.39, 0.29) is 23.3 Å². The number of nitrogens with zero attached hydrogens (tertiary/aromatic N) is 4. The van der Waals surface area contributed by atoms with Crippen LogP contribution in [-0.4, -0.2) is 70.1 Å². The highest BCUT2D eigenvalue weighted by atomic mass is 16.2. The Bertz CT molecular complexity index is 821. The summed E-state index contributed by atoms with van der Waals surface area (Å²) < 4.78 is 1.62. The third-order valence-corrected chi connectivity index (χ3v) is 4.11. The molecule has 1 aliphatic rings. The second-order valence-corrected chi connectivity index (χ2v) is 5.67. The van der Waals surface area contributed by atoms with Crippen LogP contribution in [0.5, 0.6) is 0 Å². The number of carbonyl (C=O) groups excluding carboxylic acids is 3. The quantitative estimate of drug-likeness (QED) is 0.620. The topological polar surface area (TPSA) is 87.0 Å². The van der Waals surface area contributed by atoms with Gasteiger partial charge >= 0.3 is 0 Å². The molecule has 1 N–H and O–H groups in total. The Morgan fingerprint density at radius 1 is 1.24 bits per heavy atom. The lowest BCUT2D eigenvalue weighted by molar-refractivity contribution is -0.119. The molecular weight excluding hydrogens is 322 g/mol. The molecule has 3 rings (SSSR count). The number of piperazine rings is 1.